The van der Waals surface area contributed by atoms with Gasteiger partial charge in [-0.3, -0.25) is 4.98 Å². The molecule has 0 fully saturated rings. The fourth-order valence-electron chi connectivity index (χ4n) is 1.27. The molecule has 0 unspecified atom stereocenters. The molecule has 0 spiro atoms. The summed E-state index contributed by atoms with van der Waals surface area (Å²) in [4.78, 5) is 3.98. The van der Waals surface area contributed by atoms with Gasteiger partial charge in [0, 0.05) is 12.4 Å². The number of nitrogens with one attached hydrogen (secondary N) is 1. The van der Waals surface area contributed by atoms with Gasteiger partial charge < -0.3 is 10.1 Å². The maximum absolute atomic E-state index is 5.01. The van der Waals surface area contributed by atoms with E-state index in [9.17, 15) is 0 Å². The van der Waals surface area contributed by atoms with E-state index in [1.807, 2.05) is 24.5 Å². The van der Waals surface area contributed by atoms with Gasteiger partial charge in [-0.05, 0) is 43.6 Å². The smallest absolute Gasteiger partial charge is 0.0885 e. The Morgan fingerprint density at radius 1 is 1.33 bits per heavy atom. The second kappa shape index (κ2) is 8.00. The fraction of sp³-hybridized carbons (Fsp3) is 0.417. The lowest BCUT2D eigenvalue weighted by Gasteiger charge is -2.04. The maximum atomic E-state index is 5.01. The van der Waals surface area contributed by atoms with E-state index in [0.717, 1.165) is 32.5 Å². The summed E-state index contributed by atoms with van der Waals surface area (Å²) in [6.07, 6.45) is 7.20. The lowest BCUT2D eigenvalue weighted by atomic mass is 10.2. The number of hydrogen-bond acceptors (Lipinski definition) is 3. The Hall–Kier alpha value is -1.35. The van der Waals surface area contributed by atoms with Gasteiger partial charge in [-0.1, -0.05) is 6.58 Å². The molecule has 1 heterocycles. The summed E-state index contributed by atoms with van der Waals surface area (Å²) in [7, 11) is 0. The molecule has 3 heteroatoms. The Labute approximate surface area is 91.2 Å². The normalized spacial score (nSPS) is 9.87. The lowest BCUT2D eigenvalue weighted by Crippen LogP contribution is -2.19. The highest BCUT2D eigenvalue weighted by molar-refractivity contribution is 5.09. The highest BCUT2D eigenvalue weighted by Gasteiger charge is 1.91. The summed E-state index contributed by atoms with van der Waals surface area (Å²) in [6, 6.07) is 4.09. The third kappa shape index (κ3) is 5.86. The number of hydrogen-bond donors (Lipinski definition) is 1. The van der Waals surface area contributed by atoms with Crippen molar-refractivity contribution in [2.45, 2.75) is 12.8 Å². The van der Waals surface area contributed by atoms with E-state index in [-0.39, 0.29) is 0 Å². The molecular formula is C12H18N2O. The third-order valence-electron chi connectivity index (χ3n) is 2.07. The van der Waals surface area contributed by atoms with E-state index in [1.54, 1.807) is 0 Å². The molecule has 1 aromatic heterocycles. The molecule has 1 rings (SSSR count). The van der Waals surface area contributed by atoms with Gasteiger partial charge in [-0.25, -0.2) is 0 Å². The molecule has 0 radical (unpaired) electrons. The van der Waals surface area contributed by atoms with E-state index in [2.05, 4.69) is 16.9 Å². The minimum absolute atomic E-state index is 0.742. The van der Waals surface area contributed by atoms with Crippen LogP contribution in [0.25, 0.3) is 0 Å². The van der Waals surface area contributed by atoms with Crippen molar-refractivity contribution in [3.63, 3.8) is 0 Å². The SMILES string of the molecule is C=COCCCNCCc1ccncc1. The van der Waals surface area contributed by atoms with E-state index < -0.39 is 0 Å². The van der Waals surface area contributed by atoms with Gasteiger partial charge in [0.25, 0.3) is 0 Å². The summed E-state index contributed by atoms with van der Waals surface area (Å²) in [5.74, 6) is 0. The zero-order valence-electron chi connectivity index (χ0n) is 8.98. The van der Waals surface area contributed by atoms with Crippen molar-refractivity contribution in [3.05, 3.63) is 42.9 Å². The molecule has 0 atom stereocenters. The van der Waals surface area contributed by atoms with Crippen molar-refractivity contribution in [2.75, 3.05) is 19.7 Å². The van der Waals surface area contributed by atoms with Crippen LogP contribution in [0.5, 0.6) is 0 Å². The fourth-order valence-corrected chi connectivity index (χ4v) is 1.27. The molecule has 3 nitrogen and oxygen atoms in total. The van der Waals surface area contributed by atoms with Crippen LogP contribution in [0.3, 0.4) is 0 Å². The molecule has 0 aliphatic heterocycles. The number of nitrogens with zero attached hydrogens (tertiary/aromatic N) is 1. The average Bonchev–Trinajstić information content (AvgIpc) is 2.29. The van der Waals surface area contributed by atoms with Gasteiger partial charge in [0.15, 0.2) is 0 Å². The van der Waals surface area contributed by atoms with Crippen molar-refractivity contribution < 1.29 is 4.74 Å². The first-order valence-corrected chi connectivity index (χ1v) is 5.25. The van der Waals surface area contributed by atoms with Gasteiger partial charge in [0.05, 0.1) is 12.9 Å². The van der Waals surface area contributed by atoms with Crippen LogP contribution in [0.1, 0.15) is 12.0 Å². The van der Waals surface area contributed by atoms with Crippen LogP contribution in [-0.2, 0) is 11.2 Å². The van der Waals surface area contributed by atoms with E-state index >= 15 is 0 Å². The molecular weight excluding hydrogens is 188 g/mol. The van der Waals surface area contributed by atoms with Gasteiger partial charge in [0.1, 0.15) is 0 Å². The Kier molecular flexibility index (Phi) is 6.25. The van der Waals surface area contributed by atoms with Crippen LogP contribution in [0.15, 0.2) is 37.4 Å². The van der Waals surface area contributed by atoms with Gasteiger partial charge >= 0.3 is 0 Å². The first-order valence-electron chi connectivity index (χ1n) is 5.25. The molecule has 0 aliphatic rings. The number of rotatable bonds is 8. The first kappa shape index (κ1) is 11.7. The zero-order chi connectivity index (χ0) is 10.8. The molecule has 0 aromatic carbocycles. The predicted molar refractivity (Wildman–Crippen MR) is 61.6 cm³/mol. The highest BCUT2D eigenvalue weighted by Crippen LogP contribution is 1.95. The van der Waals surface area contributed by atoms with Crippen LogP contribution in [0.2, 0.25) is 0 Å². The summed E-state index contributed by atoms with van der Waals surface area (Å²) in [6.45, 7) is 6.21. The van der Waals surface area contributed by atoms with E-state index in [0.29, 0.717) is 0 Å². The van der Waals surface area contributed by atoms with Crippen LogP contribution < -0.4 is 5.32 Å². The van der Waals surface area contributed by atoms with Crippen molar-refractivity contribution >= 4 is 0 Å². The monoisotopic (exact) mass is 206 g/mol. The molecule has 82 valence electrons. The minimum atomic E-state index is 0.742. The summed E-state index contributed by atoms with van der Waals surface area (Å²) in [5.41, 5.74) is 1.32. The molecule has 0 bridgehead atoms. The van der Waals surface area contributed by atoms with Crippen LogP contribution in [0.4, 0.5) is 0 Å². The van der Waals surface area contributed by atoms with Crippen LogP contribution >= 0.6 is 0 Å². The van der Waals surface area contributed by atoms with Crippen LogP contribution in [0, 0.1) is 0 Å². The number of aromatic nitrogens is 1. The van der Waals surface area contributed by atoms with E-state index in [1.165, 1.54) is 11.8 Å². The minimum Gasteiger partial charge on any atom is -0.502 e. The second-order valence-electron chi connectivity index (χ2n) is 3.25. The Morgan fingerprint density at radius 3 is 2.87 bits per heavy atom. The van der Waals surface area contributed by atoms with Crippen molar-refractivity contribution in [1.82, 2.24) is 10.3 Å². The van der Waals surface area contributed by atoms with Gasteiger partial charge in [-0.15, -0.1) is 0 Å². The highest BCUT2D eigenvalue weighted by atomic mass is 16.5. The van der Waals surface area contributed by atoms with Crippen molar-refractivity contribution in [2.24, 2.45) is 0 Å². The first-order chi connectivity index (χ1) is 7.43. The predicted octanol–water partition coefficient (Wildman–Crippen LogP) is 1.76. The van der Waals surface area contributed by atoms with Crippen molar-refractivity contribution in [1.29, 1.82) is 0 Å². The maximum Gasteiger partial charge on any atom is 0.0885 e. The largest absolute Gasteiger partial charge is 0.502 e. The molecule has 0 amide bonds. The molecule has 1 aromatic rings. The topological polar surface area (TPSA) is 34.1 Å². The summed E-state index contributed by atoms with van der Waals surface area (Å²) < 4.78 is 5.01. The van der Waals surface area contributed by atoms with Gasteiger partial charge in [0.2, 0.25) is 0 Å². The lowest BCUT2D eigenvalue weighted by molar-refractivity contribution is 0.245. The van der Waals surface area contributed by atoms with Crippen LogP contribution in [-0.4, -0.2) is 24.7 Å². The zero-order valence-corrected chi connectivity index (χ0v) is 8.98. The Bertz CT molecular complexity index is 262. The average molecular weight is 206 g/mol. The number of ether oxygens (including phenoxy) is 1. The van der Waals surface area contributed by atoms with E-state index in [4.69, 9.17) is 4.74 Å². The van der Waals surface area contributed by atoms with Gasteiger partial charge in [-0.2, -0.15) is 0 Å². The standard InChI is InChI=1S/C12H18N2O/c1-2-15-11-3-7-13-8-4-12-5-9-14-10-6-12/h2,5-6,9-10,13H,1,3-4,7-8,11H2. The quantitative estimate of drug-likeness (QED) is 0.520. The summed E-state index contributed by atoms with van der Waals surface area (Å²) in [5, 5.41) is 3.36. The summed E-state index contributed by atoms with van der Waals surface area (Å²) >= 11 is 0. The Morgan fingerprint density at radius 2 is 2.13 bits per heavy atom. The molecule has 0 aliphatic carbocycles. The third-order valence-corrected chi connectivity index (χ3v) is 2.07. The molecule has 0 saturated heterocycles. The molecule has 1 N–H and O–H groups in total. The second-order valence-corrected chi connectivity index (χ2v) is 3.25. The number of pyridine rings is 1. The van der Waals surface area contributed by atoms with Crippen molar-refractivity contribution in [3.8, 4) is 0 Å². The Balaban J connectivity index is 1.95. The molecule has 15 heavy (non-hydrogen) atoms. The molecule has 0 saturated carbocycles.